The van der Waals surface area contributed by atoms with Crippen LogP contribution >= 0.6 is 0 Å². The zero-order valence-electron chi connectivity index (χ0n) is 11.9. The van der Waals surface area contributed by atoms with Crippen LogP contribution in [0, 0.1) is 0 Å². The van der Waals surface area contributed by atoms with Crippen LogP contribution in [-0.4, -0.2) is 25.0 Å². The van der Waals surface area contributed by atoms with Gasteiger partial charge in [-0.2, -0.15) is 5.10 Å². The lowest BCUT2D eigenvalue weighted by Crippen LogP contribution is -2.40. The molecule has 108 valence electrons. The maximum atomic E-state index is 11.8. The number of rotatable bonds is 5. The number of aromatic nitrogens is 4. The molecule has 0 aliphatic rings. The molecule has 0 amide bonds. The molecule has 2 aromatic rings. The number of nitrogens with zero attached hydrogens (tertiary/aromatic N) is 4. The van der Waals surface area contributed by atoms with Crippen molar-refractivity contribution in [3.63, 3.8) is 0 Å². The minimum atomic E-state index is -0.311. The molecule has 0 aromatic carbocycles. The molecule has 0 spiro atoms. The second-order valence-electron chi connectivity index (χ2n) is 4.88. The summed E-state index contributed by atoms with van der Waals surface area (Å²) in [6, 6.07) is 3.53. The van der Waals surface area contributed by atoms with Gasteiger partial charge < -0.3 is 5.32 Å². The lowest BCUT2D eigenvalue weighted by molar-refractivity contribution is 0.442. The molecule has 0 saturated carbocycles. The Morgan fingerprint density at radius 2 is 2.05 bits per heavy atom. The van der Waals surface area contributed by atoms with Gasteiger partial charge in [0.25, 0.3) is 5.56 Å². The van der Waals surface area contributed by atoms with E-state index in [2.05, 4.69) is 10.4 Å². The summed E-state index contributed by atoms with van der Waals surface area (Å²) in [6.45, 7) is 3.22. The molecule has 0 unspecified atom stereocenters. The average molecular weight is 277 g/mol. The molecule has 7 nitrogen and oxygen atoms in total. The molecule has 1 atom stereocenters. The van der Waals surface area contributed by atoms with Gasteiger partial charge in [0.2, 0.25) is 0 Å². The quantitative estimate of drug-likeness (QED) is 0.796. The smallest absolute Gasteiger partial charge is 0.307 e. The predicted molar refractivity (Wildman–Crippen MR) is 75.5 cm³/mol. The molecule has 2 rings (SSSR count). The maximum absolute atomic E-state index is 11.8. The summed E-state index contributed by atoms with van der Waals surface area (Å²) in [7, 11) is 3.14. The summed E-state index contributed by atoms with van der Waals surface area (Å²) in [5.41, 5.74) is 0.0732. The summed E-state index contributed by atoms with van der Waals surface area (Å²) in [5, 5.41) is 7.42. The Labute approximate surface area is 116 Å². The van der Waals surface area contributed by atoms with Gasteiger partial charge in [0.05, 0.1) is 6.54 Å². The molecule has 0 saturated heterocycles. The lowest BCUT2D eigenvalue weighted by Gasteiger charge is -2.15. The Kier molecular flexibility index (Phi) is 4.19. The third kappa shape index (κ3) is 3.05. The van der Waals surface area contributed by atoms with E-state index in [-0.39, 0.29) is 17.3 Å². The predicted octanol–water partition coefficient (Wildman–Crippen LogP) is -0.541. The normalized spacial score (nSPS) is 12.6. The molecule has 0 radical (unpaired) electrons. The van der Waals surface area contributed by atoms with E-state index in [1.54, 1.807) is 13.2 Å². The van der Waals surface area contributed by atoms with Crippen molar-refractivity contribution in [2.45, 2.75) is 26.1 Å². The van der Waals surface area contributed by atoms with E-state index < -0.39 is 0 Å². The van der Waals surface area contributed by atoms with Crippen molar-refractivity contribution >= 4 is 0 Å². The van der Waals surface area contributed by atoms with Crippen molar-refractivity contribution < 1.29 is 0 Å². The van der Waals surface area contributed by atoms with Gasteiger partial charge in [0.15, 0.2) is 0 Å². The van der Waals surface area contributed by atoms with E-state index in [9.17, 15) is 9.59 Å². The van der Waals surface area contributed by atoms with E-state index in [0.717, 1.165) is 11.1 Å². The molecule has 0 bridgehead atoms. The van der Waals surface area contributed by atoms with E-state index in [0.29, 0.717) is 12.2 Å². The average Bonchev–Trinajstić information content (AvgIpc) is 2.92. The van der Waals surface area contributed by atoms with Crippen LogP contribution in [0.3, 0.4) is 0 Å². The number of hydrogen-bond acceptors (Lipinski definition) is 4. The standard InChI is InChI=1S/C13H19N5O2/c1-10(9-18-6-4-5-15-18)14-8-11-7-12(19)17(3)13(20)16(11)2/h4-7,10,14H,8-9H2,1-3H3/t10-/m1/s1. The Morgan fingerprint density at radius 1 is 1.30 bits per heavy atom. The van der Waals surface area contributed by atoms with Crippen LogP contribution in [0.5, 0.6) is 0 Å². The minimum Gasteiger partial charge on any atom is -0.307 e. The fourth-order valence-electron chi connectivity index (χ4n) is 1.98. The van der Waals surface area contributed by atoms with Gasteiger partial charge in [-0.25, -0.2) is 4.79 Å². The molecule has 2 aromatic heterocycles. The lowest BCUT2D eigenvalue weighted by atomic mass is 10.3. The first-order valence-corrected chi connectivity index (χ1v) is 6.46. The summed E-state index contributed by atoms with van der Waals surface area (Å²) < 4.78 is 4.41. The molecule has 20 heavy (non-hydrogen) atoms. The van der Waals surface area contributed by atoms with Gasteiger partial charge in [-0.3, -0.25) is 18.6 Å². The molecular weight excluding hydrogens is 258 g/mol. The first-order chi connectivity index (χ1) is 9.49. The fourth-order valence-corrected chi connectivity index (χ4v) is 1.98. The largest absolute Gasteiger partial charge is 0.330 e. The molecule has 0 aliphatic heterocycles. The highest BCUT2D eigenvalue weighted by Gasteiger charge is 2.08. The highest BCUT2D eigenvalue weighted by atomic mass is 16.2. The highest BCUT2D eigenvalue weighted by Crippen LogP contribution is 1.95. The van der Waals surface area contributed by atoms with Gasteiger partial charge in [-0.1, -0.05) is 0 Å². The molecule has 0 fully saturated rings. The first-order valence-electron chi connectivity index (χ1n) is 6.46. The Morgan fingerprint density at radius 3 is 2.70 bits per heavy atom. The number of hydrogen-bond donors (Lipinski definition) is 1. The van der Waals surface area contributed by atoms with Crippen LogP contribution < -0.4 is 16.6 Å². The molecule has 7 heteroatoms. The zero-order chi connectivity index (χ0) is 14.7. The van der Waals surface area contributed by atoms with E-state index in [4.69, 9.17) is 0 Å². The second kappa shape index (κ2) is 5.87. The summed E-state index contributed by atoms with van der Waals surface area (Å²) in [6.07, 6.45) is 3.63. The topological polar surface area (TPSA) is 73.8 Å². The Balaban J connectivity index is 2.04. The van der Waals surface area contributed by atoms with Crippen LogP contribution in [0.4, 0.5) is 0 Å². The third-order valence-electron chi connectivity index (χ3n) is 3.28. The van der Waals surface area contributed by atoms with E-state index in [1.807, 2.05) is 23.9 Å². The first kappa shape index (κ1) is 14.3. The van der Waals surface area contributed by atoms with Crippen LogP contribution in [0.15, 0.2) is 34.1 Å². The van der Waals surface area contributed by atoms with Crippen molar-refractivity contribution in [2.75, 3.05) is 0 Å². The van der Waals surface area contributed by atoms with Crippen LogP contribution in [0.25, 0.3) is 0 Å². The second-order valence-corrected chi connectivity index (χ2v) is 4.88. The molecular formula is C13H19N5O2. The maximum Gasteiger partial charge on any atom is 0.330 e. The van der Waals surface area contributed by atoms with Gasteiger partial charge in [-0.15, -0.1) is 0 Å². The zero-order valence-corrected chi connectivity index (χ0v) is 11.9. The van der Waals surface area contributed by atoms with Gasteiger partial charge in [-0.05, 0) is 13.0 Å². The summed E-state index contributed by atoms with van der Waals surface area (Å²) >= 11 is 0. The number of nitrogens with one attached hydrogen (secondary N) is 1. The van der Waals surface area contributed by atoms with Crippen LogP contribution in [0.1, 0.15) is 12.6 Å². The van der Waals surface area contributed by atoms with Crippen molar-refractivity contribution in [2.24, 2.45) is 14.1 Å². The third-order valence-corrected chi connectivity index (χ3v) is 3.28. The molecule has 2 heterocycles. The minimum absolute atomic E-state index is 0.175. The highest BCUT2D eigenvalue weighted by molar-refractivity contribution is 5.02. The summed E-state index contributed by atoms with van der Waals surface area (Å²) in [5.74, 6) is 0. The summed E-state index contributed by atoms with van der Waals surface area (Å²) in [4.78, 5) is 23.4. The van der Waals surface area contributed by atoms with Crippen molar-refractivity contribution in [3.8, 4) is 0 Å². The van der Waals surface area contributed by atoms with Gasteiger partial charge in [0, 0.05) is 50.8 Å². The van der Waals surface area contributed by atoms with Crippen LogP contribution in [-0.2, 0) is 27.2 Å². The monoisotopic (exact) mass is 277 g/mol. The van der Waals surface area contributed by atoms with Gasteiger partial charge in [0.1, 0.15) is 0 Å². The van der Waals surface area contributed by atoms with E-state index in [1.165, 1.54) is 17.7 Å². The van der Waals surface area contributed by atoms with E-state index >= 15 is 0 Å². The Hall–Kier alpha value is -2.15. The van der Waals surface area contributed by atoms with Gasteiger partial charge >= 0.3 is 5.69 Å². The molecule has 1 N–H and O–H groups in total. The SMILES string of the molecule is C[C@H](Cn1cccn1)NCc1cc(=O)n(C)c(=O)n1C. The fraction of sp³-hybridized carbons (Fsp3) is 0.462. The van der Waals surface area contributed by atoms with Crippen LogP contribution in [0.2, 0.25) is 0 Å². The van der Waals surface area contributed by atoms with Crippen molar-refractivity contribution in [1.82, 2.24) is 24.2 Å². The molecule has 0 aliphatic carbocycles. The Bertz CT molecular complexity index is 684. The van der Waals surface area contributed by atoms with Crippen molar-refractivity contribution in [3.05, 3.63) is 51.1 Å². The van der Waals surface area contributed by atoms with Crippen molar-refractivity contribution in [1.29, 1.82) is 0 Å².